The summed E-state index contributed by atoms with van der Waals surface area (Å²) < 4.78 is 6.11. The van der Waals surface area contributed by atoms with Gasteiger partial charge in [0.05, 0.1) is 6.10 Å². The van der Waals surface area contributed by atoms with Gasteiger partial charge in [0, 0.05) is 12.6 Å². The molecule has 0 aromatic carbocycles. The summed E-state index contributed by atoms with van der Waals surface area (Å²) in [6.07, 6.45) is 8.16. The van der Waals surface area contributed by atoms with Gasteiger partial charge in [-0.1, -0.05) is 27.2 Å². The lowest BCUT2D eigenvalue weighted by atomic mass is 9.82. The molecule has 0 bridgehead atoms. The monoisotopic (exact) mass is 241 g/mol. The highest BCUT2D eigenvalue weighted by Gasteiger charge is 2.29. The van der Waals surface area contributed by atoms with Crippen LogP contribution in [0.5, 0.6) is 0 Å². The molecule has 1 fully saturated rings. The summed E-state index contributed by atoms with van der Waals surface area (Å²) in [7, 11) is 2.07. The second kappa shape index (κ2) is 8.10. The number of rotatable bonds is 7. The first kappa shape index (κ1) is 15.0. The standard InChI is InChI=1S/C15H31NO/c1-5-13-8-9-14(16-4)15(11-13)17-10-6-7-12(2)3/h12-16H,5-11H2,1-4H3. The van der Waals surface area contributed by atoms with E-state index in [1.54, 1.807) is 0 Å². The molecule has 1 aliphatic carbocycles. The molecule has 2 nitrogen and oxygen atoms in total. The highest BCUT2D eigenvalue weighted by atomic mass is 16.5. The molecule has 1 rings (SSSR count). The molecule has 0 spiro atoms. The minimum Gasteiger partial charge on any atom is -0.377 e. The van der Waals surface area contributed by atoms with Crippen LogP contribution in [-0.2, 0) is 4.74 Å². The van der Waals surface area contributed by atoms with Crippen LogP contribution in [0.15, 0.2) is 0 Å². The summed E-state index contributed by atoms with van der Waals surface area (Å²) in [5.74, 6) is 1.68. The van der Waals surface area contributed by atoms with Gasteiger partial charge in [-0.25, -0.2) is 0 Å². The summed E-state index contributed by atoms with van der Waals surface area (Å²) in [4.78, 5) is 0. The molecule has 1 aliphatic rings. The fraction of sp³-hybridized carbons (Fsp3) is 1.00. The molecule has 0 radical (unpaired) electrons. The summed E-state index contributed by atoms with van der Waals surface area (Å²) in [5, 5.41) is 3.42. The molecule has 1 N–H and O–H groups in total. The molecule has 102 valence electrons. The second-order valence-electron chi connectivity index (χ2n) is 5.93. The fourth-order valence-electron chi connectivity index (χ4n) is 2.82. The van der Waals surface area contributed by atoms with E-state index in [4.69, 9.17) is 4.74 Å². The zero-order chi connectivity index (χ0) is 12.7. The smallest absolute Gasteiger partial charge is 0.0730 e. The first-order valence-electron chi connectivity index (χ1n) is 7.46. The number of hydrogen-bond donors (Lipinski definition) is 1. The van der Waals surface area contributed by atoms with Gasteiger partial charge in [0.15, 0.2) is 0 Å². The van der Waals surface area contributed by atoms with Gasteiger partial charge in [0.1, 0.15) is 0 Å². The minimum absolute atomic E-state index is 0.450. The first-order chi connectivity index (χ1) is 8.17. The van der Waals surface area contributed by atoms with Crippen LogP contribution < -0.4 is 5.32 Å². The summed E-state index contributed by atoms with van der Waals surface area (Å²) in [6.45, 7) is 7.81. The third-order valence-electron chi connectivity index (χ3n) is 4.11. The van der Waals surface area contributed by atoms with Gasteiger partial charge < -0.3 is 10.1 Å². The maximum Gasteiger partial charge on any atom is 0.0730 e. The van der Waals surface area contributed by atoms with Crippen LogP contribution in [0.1, 0.15) is 59.3 Å². The summed E-state index contributed by atoms with van der Waals surface area (Å²) in [6, 6.07) is 0.580. The number of likely N-dealkylation sites (N-methyl/N-ethyl adjacent to an activating group) is 1. The highest BCUT2D eigenvalue weighted by Crippen LogP contribution is 2.28. The molecule has 0 aromatic rings. The Kier molecular flexibility index (Phi) is 7.14. The molecule has 3 unspecified atom stereocenters. The largest absolute Gasteiger partial charge is 0.377 e. The number of hydrogen-bond acceptors (Lipinski definition) is 2. The van der Waals surface area contributed by atoms with Crippen LogP contribution in [0.4, 0.5) is 0 Å². The van der Waals surface area contributed by atoms with Crippen molar-refractivity contribution in [3.05, 3.63) is 0 Å². The average molecular weight is 241 g/mol. The van der Waals surface area contributed by atoms with Crippen molar-refractivity contribution >= 4 is 0 Å². The van der Waals surface area contributed by atoms with E-state index in [-0.39, 0.29) is 0 Å². The van der Waals surface area contributed by atoms with Crippen molar-refractivity contribution in [1.82, 2.24) is 5.32 Å². The molecule has 0 amide bonds. The predicted molar refractivity (Wildman–Crippen MR) is 74.3 cm³/mol. The van der Waals surface area contributed by atoms with Crippen LogP contribution in [-0.4, -0.2) is 25.8 Å². The van der Waals surface area contributed by atoms with E-state index in [2.05, 4.69) is 33.1 Å². The van der Waals surface area contributed by atoms with E-state index in [1.165, 1.54) is 38.5 Å². The van der Waals surface area contributed by atoms with Gasteiger partial charge in [-0.2, -0.15) is 0 Å². The molecule has 3 atom stereocenters. The molecule has 1 saturated carbocycles. The van der Waals surface area contributed by atoms with E-state index < -0.39 is 0 Å². The number of ether oxygens (including phenoxy) is 1. The van der Waals surface area contributed by atoms with E-state index in [1.807, 2.05) is 0 Å². The van der Waals surface area contributed by atoms with Crippen LogP contribution in [0.2, 0.25) is 0 Å². The first-order valence-corrected chi connectivity index (χ1v) is 7.46. The van der Waals surface area contributed by atoms with Gasteiger partial charge >= 0.3 is 0 Å². The van der Waals surface area contributed by atoms with Crippen molar-refractivity contribution in [3.63, 3.8) is 0 Å². The van der Waals surface area contributed by atoms with Gasteiger partial charge in [-0.3, -0.25) is 0 Å². The average Bonchev–Trinajstić information content (AvgIpc) is 2.34. The van der Waals surface area contributed by atoms with E-state index in [0.29, 0.717) is 12.1 Å². The normalized spacial score (nSPS) is 29.8. The Morgan fingerprint density at radius 3 is 2.65 bits per heavy atom. The SMILES string of the molecule is CCC1CCC(NC)C(OCCCC(C)C)C1. The van der Waals surface area contributed by atoms with Crippen LogP contribution in [0.25, 0.3) is 0 Å². The number of nitrogens with one attached hydrogen (secondary N) is 1. The Bertz CT molecular complexity index is 193. The Labute approximate surface area is 108 Å². The third kappa shape index (κ3) is 5.39. The van der Waals surface area contributed by atoms with Crippen molar-refractivity contribution in [1.29, 1.82) is 0 Å². The summed E-state index contributed by atoms with van der Waals surface area (Å²) in [5.41, 5.74) is 0. The van der Waals surface area contributed by atoms with Crippen LogP contribution >= 0.6 is 0 Å². The molecular weight excluding hydrogens is 210 g/mol. The third-order valence-corrected chi connectivity index (χ3v) is 4.11. The van der Waals surface area contributed by atoms with Crippen LogP contribution in [0.3, 0.4) is 0 Å². The summed E-state index contributed by atoms with van der Waals surface area (Å²) >= 11 is 0. The van der Waals surface area contributed by atoms with Crippen molar-refractivity contribution in [2.75, 3.05) is 13.7 Å². The minimum atomic E-state index is 0.450. The molecule has 0 saturated heterocycles. The maximum atomic E-state index is 6.11. The zero-order valence-electron chi connectivity index (χ0n) is 12.2. The lowest BCUT2D eigenvalue weighted by Crippen LogP contribution is -2.44. The van der Waals surface area contributed by atoms with Gasteiger partial charge in [-0.15, -0.1) is 0 Å². The molecule has 17 heavy (non-hydrogen) atoms. The van der Waals surface area contributed by atoms with Crippen molar-refractivity contribution in [2.24, 2.45) is 11.8 Å². The Morgan fingerprint density at radius 2 is 2.06 bits per heavy atom. The highest BCUT2D eigenvalue weighted by molar-refractivity contribution is 4.84. The van der Waals surface area contributed by atoms with Gasteiger partial charge in [0.2, 0.25) is 0 Å². The lowest BCUT2D eigenvalue weighted by Gasteiger charge is -2.35. The topological polar surface area (TPSA) is 21.3 Å². The van der Waals surface area contributed by atoms with Crippen LogP contribution in [0, 0.1) is 11.8 Å². The van der Waals surface area contributed by atoms with Gasteiger partial charge in [-0.05, 0) is 51.0 Å². The molecule has 0 aliphatic heterocycles. The van der Waals surface area contributed by atoms with E-state index in [9.17, 15) is 0 Å². The quantitative estimate of drug-likeness (QED) is 0.688. The molecule has 2 heteroatoms. The zero-order valence-corrected chi connectivity index (χ0v) is 12.2. The van der Waals surface area contributed by atoms with Crippen molar-refractivity contribution in [2.45, 2.75) is 71.4 Å². The molecular formula is C15H31NO. The Balaban J connectivity index is 2.26. The lowest BCUT2D eigenvalue weighted by molar-refractivity contribution is -0.0108. The van der Waals surface area contributed by atoms with E-state index in [0.717, 1.165) is 18.4 Å². The van der Waals surface area contributed by atoms with Crippen molar-refractivity contribution < 1.29 is 4.74 Å². The second-order valence-corrected chi connectivity index (χ2v) is 5.93. The Hall–Kier alpha value is -0.0800. The van der Waals surface area contributed by atoms with Crippen molar-refractivity contribution in [3.8, 4) is 0 Å². The molecule has 0 heterocycles. The Morgan fingerprint density at radius 1 is 1.29 bits per heavy atom. The van der Waals surface area contributed by atoms with E-state index >= 15 is 0 Å². The predicted octanol–water partition coefficient (Wildman–Crippen LogP) is 3.61. The fourth-order valence-corrected chi connectivity index (χ4v) is 2.82. The maximum absolute atomic E-state index is 6.11. The van der Waals surface area contributed by atoms with Gasteiger partial charge in [0.25, 0.3) is 0 Å². The molecule has 0 aromatic heterocycles.